The monoisotopic (exact) mass is 279 g/mol. The van der Waals surface area contributed by atoms with E-state index >= 15 is 0 Å². The summed E-state index contributed by atoms with van der Waals surface area (Å²) in [7, 11) is 0. The Labute approximate surface area is 114 Å². The fourth-order valence-corrected chi connectivity index (χ4v) is 1.99. The maximum Gasteiger partial charge on any atom is 0.281 e. The zero-order chi connectivity index (χ0) is 14.7. The minimum atomic E-state index is -0.729. The van der Waals surface area contributed by atoms with Gasteiger partial charge in [0.1, 0.15) is 5.52 Å². The predicted octanol–water partition coefficient (Wildman–Crippen LogP) is 2.46. The molecule has 2 N–H and O–H groups in total. The molecule has 0 bridgehead atoms. The molecule has 0 aliphatic heterocycles. The maximum atomic E-state index is 14.1. The Morgan fingerprint density at radius 1 is 1.60 bits per heavy atom. The van der Waals surface area contributed by atoms with E-state index in [1.165, 1.54) is 12.3 Å². The number of nitro groups is 1. The van der Waals surface area contributed by atoms with E-state index in [9.17, 15) is 14.5 Å². The lowest BCUT2D eigenvalue weighted by molar-refractivity contribution is -0.383. The number of aliphatic hydroxyl groups is 1. The first-order chi connectivity index (χ1) is 9.54. The van der Waals surface area contributed by atoms with Crippen molar-refractivity contribution in [2.24, 2.45) is 0 Å². The summed E-state index contributed by atoms with van der Waals surface area (Å²) < 4.78 is 14.1. The number of rotatable bonds is 5. The van der Waals surface area contributed by atoms with Crippen LogP contribution in [0.2, 0.25) is 0 Å². The van der Waals surface area contributed by atoms with Crippen molar-refractivity contribution in [1.29, 1.82) is 0 Å². The van der Waals surface area contributed by atoms with Gasteiger partial charge >= 0.3 is 0 Å². The van der Waals surface area contributed by atoms with Crippen LogP contribution in [0.1, 0.15) is 13.3 Å². The van der Waals surface area contributed by atoms with Crippen molar-refractivity contribution in [3.8, 4) is 0 Å². The normalized spacial score (nSPS) is 12.3. The van der Waals surface area contributed by atoms with Crippen LogP contribution in [0.4, 0.5) is 15.8 Å². The van der Waals surface area contributed by atoms with E-state index in [2.05, 4.69) is 10.3 Å². The second kappa shape index (κ2) is 5.79. The molecule has 1 aromatic carbocycles. The molecule has 0 aliphatic carbocycles. The molecule has 2 aromatic rings. The SMILES string of the molecule is CC(CCO)Nc1c(F)cc([N+](=O)[O-])c2cccnc12. The number of hydrogen-bond acceptors (Lipinski definition) is 5. The summed E-state index contributed by atoms with van der Waals surface area (Å²) in [6.45, 7) is 1.75. The molecule has 1 heterocycles. The van der Waals surface area contributed by atoms with Crippen molar-refractivity contribution in [3.63, 3.8) is 0 Å². The topological polar surface area (TPSA) is 88.3 Å². The lowest BCUT2D eigenvalue weighted by atomic mass is 10.1. The summed E-state index contributed by atoms with van der Waals surface area (Å²) in [5.41, 5.74) is 0.0158. The Hall–Kier alpha value is -2.28. The number of hydrogen-bond donors (Lipinski definition) is 2. The number of nitrogens with one attached hydrogen (secondary N) is 1. The third-order valence-corrected chi connectivity index (χ3v) is 2.97. The van der Waals surface area contributed by atoms with Gasteiger partial charge in [-0.15, -0.1) is 0 Å². The van der Waals surface area contributed by atoms with Crippen molar-refractivity contribution in [1.82, 2.24) is 4.98 Å². The first-order valence-corrected chi connectivity index (χ1v) is 6.13. The van der Waals surface area contributed by atoms with Crippen molar-refractivity contribution < 1.29 is 14.4 Å². The lowest BCUT2D eigenvalue weighted by Gasteiger charge is -2.16. The fourth-order valence-electron chi connectivity index (χ4n) is 1.99. The third-order valence-electron chi connectivity index (χ3n) is 2.97. The number of anilines is 1. The second-order valence-electron chi connectivity index (χ2n) is 4.47. The zero-order valence-electron chi connectivity index (χ0n) is 10.8. The van der Waals surface area contributed by atoms with E-state index in [4.69, 9.17) is 5.11 Å². The number of fused-ring (bicyclic) bond motifs is 1. The first kappa shape index (κ1) is 14.1. The molecule has 7 heteroatoms. The Morgan fingerprint density at radius 3 is 3.00 bits per heavy atom. The van der Waals surface area contributed by atoms with Crippen LogP contribution in [-0.2, 0) is 0 Å². The molecule has 0 saturated carbocycles. The number of halogens is 1. The van der Waals surface area contributed by atoms with Gasteiger partial charge in [-0.25, -0.2) is 4.39 Å². The maximum absolute atomic E-state index is 14.1. The van der Waals surface area contributed by atoms with Gasteiger partial charge in [0.15, 0.2) is 5.82 Å². The average Bonchev–Trinajstić information content (AvgIpc) is 2.41. The van der Waals surface area contributed by atoms with E-state index in [0.717, 1.165) is 6.07 Å². The molecule has 2 rings (SSSR count). The van der Waals surface area contributed by atoms with E-state index in [1.54, 1.807) is 13.0 Å². The van der Waals surface area contributed by atoms with Crippen molar-refractivity contribution in [2.45, 2.75) is 19.4 Å². The van der Waals surface area contributed by atoms with E-state index < -0.39 is 10.7 Å². The predicted molar refractivity (Wildman–Crippen MR) is 73.1 cm³/mol. The van der Waals surface area contributed by atoms with Crippen LogP contribution in [0.25, 0.3) is 10.9 Å². The Kier molecular flexibility index (Phi) is 4.09. The molecule has 0 radical (unpaired) electrons. The molecule has 0 fully saturated rings. The van der Waals surface area contributed by atoms with Crippen molar-refractivity contribution in [2.75, 3.05) is 11.9 Å². The summed E-state index contributed by atoms with van der Waals surface area (Å²) in [5.74, 6) is -0.729. The molecule has 1 aromatic heterocycles. The lowest BCUT2D eigenvalue weighted by Crippen LogP contribution is -2.18. The van der Waals surface area contributed by atoms with Crippen LogP contribution in [-0.4, -0.2) is 27.7 Å². The largest absolute Gasteiger partial charge is 0.396 e. The van der Waals surface area contributed by atoms with Gasteiger partial charge in [0.2, 0.25) is 0 Å². The van der Waals surface area contributed by atoms with Gasteiger partial charge in [0, 0.05) is 18.8 Å². The van der Waals surface area contributed by atoms with Crippen molar-refractivity contribution in [3.05, 3.63) is 40.3 Å². The Morgan fingerprint density at radius 2 is 2.35 bits per heavy atom. The summed E-state index contributed by atoms with van der Waals surface area (Å²) in [6, 6.07) is 3.80. The molecule has 0 amide bonds. The summed E-state index contributed by atoms with van der Waals surface area (Å²) >= 11 is 0. The van der Waals surface area contributed by atoms with E-state index in [0.29, 0.717) is 6.42 Å². The van der Waals surface area contributed by atoms with Gasteiger partial charge in [-0.2, -0.15) is 0 Å². The third kappa shape index (κ3) is 2.67. The number of aromatic nitrogens is 1. The zero-order valence-corrected chi connectivity index (χ0v) is 10.8. The molecule has 0 spiro atoms. The molecular formula is C13H14FN3O3. The van der Waals surface area contributed by atoms with E-state index in [-0.39, 0.29) is 34.9 Å². The van der Waals surface area contributed by atoms with Crippen LogP contribution >= 0.6 is 0 Å². The molecule has 106 valence electrons. The standard InChI is InChI=1S/C13H14FN3O3/c1-8(4-6-18)16-13-10(14)7-11(17(19)20)9-3-2-5-15-12(9)13/h2-3,5,7-8,16,18H,4,6H2,1H3. The van der Waals surface area contributed by atoms with Gasteiger partial charge in [0.25, 0.3) is 5.69 Å². The van der Waals surface area contributed by atoms with Crippen molar-refractivity contribution >= 4 is 22.3 Å². The molecular weight excluding hydrogens is 265 g/mol. The van der Waals surface area contributed by atoms with E-state index in [1.807, 2.05) is 0 Å². The Balaban J connectivity index is 2.58. The highest BCUT2D eigenvalue weighted by molar-refractivity contribution is 5.97. The fraction of sp³-hybridized carbons (Fsp3) is 0.308. The summed E-state index contributed by atoms with van der Waals surface area (Å²) in [6.07, 6.45) is 1.89. The van der Waals surface area contributed by atoms with Gasteiger partial charge < -0.3 is 10.4 Å². The Bertz CT molecular complexity index is 648. The summed E-state index contributed by atoms with van der Waals surface area (Å²) in [4.78, 5) is 14.4. The van der Waals surface area contributed by atoms with Gasteiger partial charge in [-0.3, -0.25) is 15.1 Å². The number of pyridine rings is 1. The molecule has 1 unspecified atom stereocenters. The average molecular weight is 279 g/mol. The van der Waals surface area contributed by atoms with Crippen LogP contribution in [0, 0.1) is 15.9 Å². The van der Waals surface area contributed by atoms with Crippen LogP contribution in [0.5, 0.6) is 0 Å². The van der Waals surface area contributed by atoms with Gasteiger partial charge in [-0.1, -0.05) is 0 Å². The number of nitro benzene ring substituents is 1. The quantitative estimate of drug-likeness (QED) is 0.648. The van der Waals surface area contributed by atoms with Crippen LogP contribution in [0.3, 0.4) is 0 Å². The molecule has 0 saturated heterocycles. The molecule has 6 nitrogen and oxygen atoms in total. The van der Waals surface area contributed by atoms with Gasteiger partial charge in [0.05, 0.1) is 22.1 Å². The van der Waals surface area contributed by atoms with Crippen LogP contribution in [0.15, 0.2) is 24.4 Å². The molecule has 1 atom stereocenters. The van der Waals surface area contributed by atoms with Crippen LogP contribution < -0.4 is 5.32 Å². The highest BCUT2D eigenvalue weighted by Gasteiger charge is 2.20. The number of nitrogens with zero attached hydrogens (tertiary/aromatic N) is 2. The minimum Gasteiger partial charge on any atom is -0.396 e. The highest BCUT2D eigenvalue weighted by atomic mass is 19.1. The summed E-state index contributed by atoms with van der Waals surface area (Å²) in [5, 5.41) is 23.0. The number of aliphatic hydroxyl groups excluding tert-OH is 1. The highest BCUT2D eigenvalue weighted by Crippen LogP contribution is 2.33. The second-order valence-corrected chi connectivity index (χ2v) is 4.47. The number of non-ortho nitro benzene ring substituents is 1. The minimum absolute atomic E-state index is 0.0336. The number of benzene rings is 1. The first-order valence-electron chi connectivity index (χ1n) is 6.13. The molecule has 0 aliphatic rings. The molecule has 20 heavy (non-hydrogen) atoms. The smallest absolute Gasteiger partial charge is 0.281 e. The van der Waals surface area contributed by atoms with Gasteiger partial charge in [-0.05, 0) is 25.5 Å².